The highest BCUT2D eigenvalue weighted by Gasteiger charge is 2.37. The Hall–Kier alpha value is -3.09. The van der Waals surface area contributed by atoms with Crippen LogP contribution in [0, 0.1) is 0 Å². The second-order valence-corrected chi connectivity index (χ2v) is 8.28. The van der Waals surface area contributed by atoms with Crippen molar-refractivity contribution in [3.8, 4) is 0 Å². The Labute approximate surface area is 176 Å². The highest BCUT2D eigenvalue weighted by molar-refractivity contribution is 6.04. The number of rotatable bonds is 2. The third kappa shape index (κ3) is 3.18. The molecule has 2 saturated heterocycles. The fraction of sp³-hybridized carbons (Fsp3) is 0.435. The topological polar surface area (TPSA) is 60.0 Å². The molecule has 0 N–H and O–H groups in total. The summed E-state index contributed by atoms with van der Waals surface area (Å²) in [4.78, 5) is 38.8. The Kier molecular flexibility index (Phi) is 4.81. The van der Waals surface area contributed by atoms with Gasteiger partial charge < -0.3 is 19.6 Å². The molecule has 1 aromatic heterocycles. The quantitative estimate of drug-likeness (QED) is 0.768. The average Bonchev–Trinajstić information content (AvgIpc) is 2.82. The summed E-state index contributed by atoms with van der Waals surface area (Å²) in [5.41, 5.74) is 2.23. The lowest BCUT2D eigenvalue weighted by Crippen LogP contribution is -2.56. The molecule has 0 radical (unpaired) electrons. The molecule has 0 aliphatic carbocycles. The summed E-state index contributed by atoms with van der Waals surface area (Å²) in [5.74, 6) is 1.08. The molecule has 3 aliphatic rings. The molecular formula is C23H27N5O2. The van der Waals surface area contributed by atoms with Gasteiger partial charge >= 0.3 is 0 Å². The van der Waals surface area contributed by atoms with E-state index in [2.05, 4.69) is 14.8 Å². The van der Waals surface area contributed by atoms with E-state index in [1.54, 1.807) is 6.20 Å². The summed E-state index contributed by atoms with van der Waals surface area (Å²) in [6, 6.07) is 11.4. The van der Waals surface area contributed by atoms with Crippen molar-refractivity contribution in [1.29, 1.82) is 0 Å². The first kappa shape index (κ1) is 18.9. The maximum Gasteiger partial charge on any atom is 0.257 e. The normalized spacial score (nSPS) is 21.4. The van der Waals surface area contributed by atoms with Gasteiger partial charge in [0.05, 0.1) is 11.3 Å². The zero-order chi connectivity index (χ0) is 20.7. The van der Waals surface area contributed by atoms with Gasteiger partial charge in [0.15, 0.2) is 0 Å². The molecule has 0 saturated carbocycles. The van der Waals surface area contributed by atoms with E-state index in [1.165, 1.54) is 0 Å². The predicted octanol–water partition coefficient (Wildman–Crippen LogP) is 2.45. The van der Waals surface area contributed by atoms with Gasteiger partial charge in [-0.15, -0.1) is 0 Å². The van der Waals surface area contributed by atoms with E-state index in [9.17, 15) is 9.59 Å². The van der Waals surface area contributed by atoms with Crippen LogP contribution < -0.4 is 9.80 Å². The van der Waals surface area contributed by atoms with Crippen molar-refractivity contribution in [1.82, 2.24) is 14.8 Å². The lowest BCUT2D eigenvalue weighted by Gasteiger charge is -2.46. The van der Waals surface area contributed by atoms with Gasteiger partial charge in [0, 0.05) is 51.5 Å². The van der Waals surface area contributed by atoms with Gasteiger partial charge in [-0.05, 0) is 49.6 Å². The zero-order valence-corrected chi connectivity index (χ0v) is 17.3. The summed E-state index contributed by atoms with van der Waals surface area (Å²) in [5, 5.41) is 0. The van der Waals surface area contributed by atoms with Crippen molar-refractivity contribution in [3.05, 3.63) is 53.7 Å². The molecule has 156 valence electrons. The molecule has 30 heavy (non-hydrogen) atoms. The van der Waals surface area contributed by atoms with Crippen LogP contribution in [-0.2, 0) is 0 Å². The molecule has 0 spiro atoms. The lowest BCUT2D eigenvalue weighted by molar-refractivity contribution is 0.0588. The van der Waals surface area contributed by atoms with Gasteiger partial charge in [0.1, 0.15) is 12.0 Å². The number of piperidine rings is 1. The molecule has 7 nitrogen and oxygen atoms in total. The number of anilines is 2. The van der Waals surface area contributed by atoms with E-state index >= 15 is 0 Å². The highest BCUT2D eigenvalue weighted by atomic mass is 16.2. The number of piperazine rings is 1. The second kappa shape index (κ2) is 7.63. The Morgan fingerprint density at radius 1 is 1.03 bits per heavy atom. The number of carbonyl (C=O) groups excluding carboxylic acids is 2. The fourth-order valence-electron chi connectivity index (χ4n) is 4.87. The smallest absolute Gasteiger partial charge is 0.257 e. The predicted molar refractivity (Wildman–Crippen MR) is 116 cm³/mol. The SMILES string of the molecule is CN1c2cc(C(=O)N3CCN(c4ccccn4)CC3)ccc2C(=O)N2CCCC[C@H]21. The van der Waals surface area contributed by atoms with Crippen molar-refractivity contribution in [2.45, 2.75) is 25.4 Å². The minimum absolute atomic E-state index is 0.0328. The Morgan fingerprint density at radius 2 is 1.87 bits per heavy atom. The standard InChI is InChI=1S/C23H27N5O2/c1-25-19-16-17(8-9-18(19)23(30)28-11-5-3-7-21(25)28)22(29)27-14-12-26(13-15-27)20-6-2-4-10-24-20/h2,4,6,8-10,16,21H,3,5,7,11-15H2,1H3/t21-/m0/s1. The van der Waals surface area contributed by atoms with E-state index in [0.29, 0.717) is 24.2 Å². The van der Waals surface area contributed by atoms with Crippen LogP contribution in [0.2, 0.25) is 0 Å². The number of hydrogen-bond donors (Lipinski definition) is 0. The number of carbonyl (C=O) groups is 2. The number of aromatic nitrogens is 1. The highest BCUT2D eigenvalue weighted by Crippen LogP contribution is 2.35. The number of benzene rings is 1. The van der Waals surface area contributed by atoms with E-state index < -0.39 is 0 Å². The molecule has 1 atom stereocenters. The van der Waals surface area contributed by atoms with Crippen molar-refractivity contribution in [2.24, 2.45) is 0 Å². The molecule has 5 rings (SSSR count). The number of pyridine rings is 1. The van der Waals surface area contributed by atoms with Crippen LogP contribution in [0.15, 0.2) is 42.6 Å². The van der Waals surface area contributed by atoms with Gasteiger partial charge in [-0.3, -0.25) is 9.59 Å². The van der Waals surface area contributed by atoms with Crippen molar-refractivity contribution < 1.29 is 9.59 Å². The van der Waals surface area contributed by atoms with Crippen LogP contribution >= 0.6 is 0 Å². The van der Waals surface area contributed by atoms with E-state index in [4.69, 9.17) is 0 Å². The first-order valence-electron chi connectivity index (χ1n) is 10.8. The summed E-state index contributed by atoms with van der Waals surface area (Å²) < 4.78 is 0. The lowest BCUT2D eigenvalue weighted by atomic mass is 9.97. The van der Waals surface area contributed by atoms with E-state index in [-0.39, 0.29) is 18.0 Å². The minimum Gasteiger partial charge on any atom is -0.354 e. The Balaban J connectivity index is 1.33. The largest absolute Gasteiger partial charge is 0.354 e. The number of fused-ring (bicyclic) bond motifs is 2. The van der Waals surface area contributed by atoms with Crippen LogP contribution in [0.1, 0.15) is 40.0 Å². The van der Waals surface area contributed by atoms with E-state index in [0.717, 1.165) is 50.4 Å². The molecule has 0 bridgehead atoms. The van der Waals surface area contributed by atoms with E-state index in [1.807, 2.05) is 53.2 Å². The Morgan fingerprint density at radius 3 is 2.63 bits per heavy atom. The van der Waals surface area contributed by atoms with Gasteiger partial charge in [-0.25, -0.2) is 4.98 Å². The summed E-state index contributed by atoms with van der Waals surface area (Å²) in [6.07, 6.45) is 5.08. The second-order valence-electron chi connectivity index (χ2n) is 8.28. The van der Waals surface area contributed by atoms with Gasteiger partial charge in [-0.1, -0.05) is 6.07 Å². The first-order chi connectivity index (χ1) is 14.6. The van der Waals surface area contributed by atoms with Gasteiger partial charge in [0.2, 0.25) is 0 Å². The summed E-state index contributed by atoms with van der Waals surface area (Å²) >= 11 is 0. The third-order valence-electron chi connectivity index (χ3n) is 6.57. The monoisotopic (exact) mass is 405 g/mol. The van der Waals surface area contributed by atoms with Crippen LogP contribution in [0.25, 0.3) is 0 Å². The zero-order valence-electron chi connectivity index (χ0n) is 17.3. The molecule has 1 aromatic carbocycles. The number of amides is 2. The Bertz CT molecular complexity index is 955. The van der Waals surface area contributed by atoms with Crippen LogP contribution in [0.5, 0.6) is 0 Å². The molecule has 4 heterocycles. The maximum absolute atomic E-state index is 13.2. The van der Waals surface area contributed by atoms with Crippen molar-refractivity contribution in [3.63, 3.8) is 0 Å². The average molecular weight is 406 g/mol. The molecule has 3 aliphatic heterocycles. The molecule has 2 aromatic rings. The van der Waals surface area contributed by atoms with Crippen LogP contribution in [-0.4, -0.2) is 72.5 Å². The number of hydrogen-bond acceptors (Lipinski definition) is 5. The first-order valence-corrected chi connectivity index (χ1v) is 10.8. The van der Waals surface area contributed by atoms with Crippen molar-refractivity contribution >= 4 is 23.3 Å². The van der Waals surface area contributed by atoms with Crippen LogP contribution in [0.4, 0.5) is 11.5 Å². The fourth-order valence-corrected chi connectivity index (χ4v) is 4.87. The third-order valence-corrected chi connectivity index (χ3v) is 6.57. The van der Waals surface area contributed by atoms with Crippen molar-refractivity contribution in [2.75, 3.05) is 49.6 Å². The summed E-state index contributed by atoms with van der Waals surface area (Å²) in [6.45, 7) is 3.68. The summed E-state index contributed by atoms with van der Waals surface area (Å²) in [7, 11) is 2.04. The molecule has 7 heteroatoms. The van der Waals surface area contributed by atoms with Crippen LogP contribution in [0.3, 0.4) is 0 Å². The number of nitrogens with zero attached hydrogens (tertiary/aromatic N) is 5. The molecule has 2 amide bonds. The minimum atomic E-state index is 0.0328. The molecular weight excluding hydrogens is 378 g/mol. The van der Waals surface area contributed by atoms with Gasteiger partial charge in [-0.2, -0.15) is 0 Å². The maximum atomic E-state index is 13.2. The van der Waals surface area contributed by atoms with Gasteiger partial charge in [0.25, 0.3) is 11.8 Å². The molecule has 0 unspecified atom stereocenters. The molecule has 2 fully saturated rings.